The lowest BCUT2D eigenvalue weighted by molar-refractivity contribution is 0.102. The molecule has 2 heterocycles. The molecule has 0 unspecified atom stereocenters. The van der Waals surface area contributed by atoms with Gasteiger partial charge in [0.2, 0.25) is 5.16 Å². The van der Waals surface area contributed by atoms with Crippen molar-refractivity contribution >= 4 is 17.5 Å². The molecule has 0 spiro atoms. The van der Waals surface area contributed by atoms with Gasteiger partial charge in [-0.05, 0) is 40.7 Å². The Morgan fingerprint density at radius 2 is 2.10 bits per heavy atom. The number of thioether (sulfide) groups is 1. The highest BCUT2D eigenvalue weighted by atomic mass is 32.2. The van der Waals surface area contributed by atoms with E-state index in [2.05, 4.69) is 33.6 Å². The first-order valence-electron chi connectivity index (χ1n) is 6.63. The van der Waals surface area contributed by atoms with Crippen LogP contribution < -0.4 is 0 Å². The molecule has 0 radical (unpaired) electrons. The Bertz CT molecular complexity index is 627. The lowest BCUT2D eigenvalue weighted by atomic mass is 10.2. The predicted octanol–water partition coefficient (Wildman–Crippen LogP) is 3.09. The maximum atomic E-state index is 12.3. The topological polar surface area (TPSA) is 63.6 Å². The second kappa shape index (κ2) is 5.83. The molecule has 0 fully saturated rings. The van der Waals surface area contributed by atoms with Crippen molar-refractivity contribution in [1.29, 1.82) is 0 Å². The van der Waals surface area contributed by atoms with E-state index in [0.717, 1.165) is 22.8 Å². The van der Waals surface area contributed by atoms with Crippen molar-refractivity contribution < 1.29 is 4.79 Å². The molecule has 2 aromatic rings. The highest BCUT2D eigenvalue weighted by Crippen LogP contribution is 2.22. The lowest BCUT2D eigenvalue weighted by Gasteiger charge is -2.13. The minimum Gasteiger partial charge on any atom is -0.346 e. The van der Waals surface area contributed by atoms with Crippen LogP contribution in [0.15, 0.2) is 11.2 Å². The number of H-pyrrole nitrogens is 1. The molecule has 1 N–H and O–H groups in total. The molecule has 108 valence electrons. The van der Waals surface area contributed by atoms with E-state index < -0.39 is 0 Å². The number of nitrogens with one attached hydrogen (secondary N) is 1. The number of hydrogen-bond donors (Lipinski definition) is 1. The number of rotatable bonds is 5. The largest absolute Gasteiger partial charge is 0.346 e. The second-order valence-electron chi connectivity index (χ2n) is 5.16. The first-order chi connectivity index (χ1) is 9.40. The summed E-state index contributed by atoms with van der Waals surface area (Å²) in [6, 6.07) is 2.33. The summed E-state index contributed by atoms with van der Waals surface area (Å²) in [6.07, 6.45) is 0. The third kappa shape index (κ3) is 2.95. The fourth-order valence-corrected chi connectivity index (χ4v) is 3.18. The number of aryl methyl sites for hydroxylation is 2. The summed E-state index contributed by atoms with van der Waals surface area (Å²) in [7, 11) is 0. The van der Waals surface area contributed by atoms with Gasteiger partial charge in [0.15, 0.2) is 5.78 Å². The molecule has 2 rings (SSSR count). The number of hydrogen-bond acceptors (Lipinski definition) is 4. The van der Waals surface area contributed by atoms with E-state index in [1.54, 1.807) is 0 Å². The van der Waals surface area contributed by atoms with Gasteiger partial charge in [0, 0.05) is 23.0 Å². The van der Waals surface area contributed by atoms with Gasteiger partial charge in [-0.25, -0.2) is 4.98 Å². The van der Waals surface area contributed by atoms with Gasteiger partial charge in [-0.2, -0.15) is 0 Å². The number of carbonyl (C=O) groups excluding carboxylic acids is 1. The normalized spacial score (nSPS) is 11.3. The van der Waals surface area contributed by atoms with Crippen molar-refractivity contribution in [2.75, 3.05) is 5.75 Å². The van der Waals surface area contributed by atoms with E-state index in [1.165, 1.54) is 11.8 Å². The Balaban J connectivity index is 2.12. The number of ketones is 1. The van der Waals surface area contributed by atoms with Crippen LogP contribution in [0.25, 0.3) is 0 Å². The first kappa shape index (κ1) is 14.8. The van der Waals surface area contributed by atoms with E-state index in [9.17, 15) is 4.79 Å². The zero-order valence-corrected chi connectivity index (χ0v) is 13.3. The summed E-state index contributed by atoms with van der Waals surface area (Å²) in [5, 5.41) is 7.42. The molecule has 0 aliphatic rings. The molecule has 0 atom stereocenters. The molecule has 0 amide bonds. The van der Waals surface area contributed by atoms with E-state index in [4.69, 9.17) is 0 Å². The lowest BCUT2D eigenvalue weighted by Crippen LogP contribution is -2.08. The molecule has 0 aliphatic heterocycles. The molecule has 6 heteroatoms. The number of aromatic nitrogens is 4. The van der Waals surface area contributed by atoms with Gasteiger partial charge in [-0.3, -0.25) is 9.89 Å². The van der Waals surface area contributed by atoms with E-state index >= 15 is 0 Å². The summed E-state index contributed by atoms with van der Waals surface area (Å²) in [5.41, 5.74) is 2.96. The van der Waals surface area contributed by atoms with E-state index in [1.807, 2.05) is 26.8 Å². The zero-order chi connectivity index (χ0) is 14.9. The molecule has 0 aromatic carbocycles. The summed E-state index contributed by atoms with van der Waals surface area (Å²) in [5.74, 6) is 1.25. The Hall–Kier alpha value is -1.56. The van der Waals surface area contributed by atoms with Crippen LogP contribution in [0.3, 0.4) is 0 Å². The van der Waals surface area contributed by atoms with E-state index in [0.29, 0.717) is 17.0 Å². The van der Waals surface area contributed by atoms with Crippen molar-refractivity contribution in [2.45, 2.75) is 45.8 Å². The van der Waals surface area contributed by atoms with Gasteiger partial charge in [-0.1, -0.05) is 11.8 Å². The van der Waals surface area contributed by atoms with Crippen molar-refractivity contribution in [1.82, 2.24) is 19.7 Å². The Morgan fingerprint density at radius 3 is 2.60 bits per heavy atom. The smallest absolute Gasteiger partial charge is 0.208 e. The van der Waals surface area contributed by atoms with Gasteiger partial charge in [0.25, 0.3) is 0 Å². The minimum atomic E-state index is 0.123. The molecule has 5 nitrogen and oxygen atoms in total. The van der Waals surface area contributed by atoms with Crippen LogP contribution in [-0.2, 0) is 0 Å². The first-order valence-corrected chi connectivity index (χ1v) is 7.62. The number of nitrogens with zero attached hydrogens (tertiary/aromatic N) is 3. The van der Waals surface area contributed by atoms with Gasteiger partial charge in [0.05, 0.1) is 5.75 Å². The molecule has 0 saturated heterocycles. The predicted molar refractivity (Wildman–Crippen MR) is 80.5 cm³/mol. The highest BCUT2D eigenvalue weighted by Gasteiger charge is 2.17. The van der Waals surface area contributed by atoms with Crippen LogP contribution in [0.1, 0.15) is 47.5 Å². The Morgan fingerprint density at radius 1 is 1.40 bits per heavy atom. The zero-order valence-electron chi connectivity index (χ0n) is 12.5. The van der Waals surface area contributed by atoms with Crippen molar-refractivity contribution in [3.8, 4) is 0 Å². The third-order valence-electron chi connectivity index (χ3n) is 3.21. The average Bonchev–Trinajstić information content (AvgIpc) is 2.90. The Labute approximate surface area is 123 Å². The summed E-state index contributed by atoms with van der Waals surface area (Å²) in [6.45, 7) is 10.1. The summed E-state index contributed by atoms with van der Waals surface area (Å²) >= 11 is 1.36. The van der Waals surface area contributed by atoms with Gasteiger partial charge >= 0.3 is 0 Å². The van der Waals surface area contributed by atoms with Crippen molar-refractivity contribution in [3.63, 3.8) is 0 Å². The van der Waals surface area contributed by atoms with Gasteiger partial charge in [0.1, 0.15) is 5.82 Å². The quantitative estimate of drug-likeness (QED) is 0.679. The number of carbonyl (C=O) groups is 1. The SMILES string of the molecule is Cc1nc(SCC(=O)c2cc(C)n(C(C)C)c2C)n[nH]1. The van der Waals surface area contributed by atoms with Crippen LogP contribution >= 0.6 is 11.8 Å². The van der Waals surface area contributed by atoms with Gasteiger partial charge < -0.3 is 4.57 Å². The molecule has 0 aliphatic carbocycles. The third-order valence-corrected chi connectivity index (χ3v) is 4.06. The number of Topliss-reactive ketones (excluding diaryl/α,β-unsaturated/α-hetero) is 1. The van der Waals surface area contributed by atoms with Crippen LogP contribution in [0.2, 0.25) is 0 Å². The standard InChI is InChI=1S/C14H20N4OS/c1-8(2)18-9(3)6-12(10(18)4)13(19)7-20-14-15-11(5)16-17-14/h6,8H,7H2,1-5H3,(H,15,16,17). The summed E-state index contributed by atoms with van der Waals surface area (Å²) < 4.78 is 2.19. The fourth-order valence-electron chi connectivity index (χ4n) is 2.45. The van der Waals surface area contributed by atoms with Crippen molar-refractivity contribution in [3.05, 3.63) is 28.8 Å². The van der Waals surface area contributed by atoms with Crippen LogP contribution in [0.5, 0.6) is 0 Å². The molecular formula is C14H20N4OS. The summed E-state index contributed by atoms with van der Waals surface area (Å²) in [4.78, 5) is 16.5. The monoisotopic (exact) mass is 292 g/mol. The van der Waals surface area contributed by atoms with Crippen LogP contribution in [0.4, 0.5) is 0 Å². The number of aromatic amines is 1. The molecule has 0 bridgehead atoms. The van der Waals surface area contributed by atoms with Crippen LogP contribution in [0, 0.1) is 20.8 Å². The molecule has 0 saturated carbocycles. The minimum absolute atomic E-state index is 0.123. The highest BCUT2D eigenvalue weighted by molar-refractivity contribution is 7.99. The molecule has 2 aromatic heterocycles. The maximum absolute atomic E-state index is 12.3. The maximum Gasteiger partial charge on any atom is 0.208 e. The molecule has 20 heavy (non-hydrogen) atoms. The second-order valence-corrected chi connectivity index (χ2v) is 6.11. The van der Waals surface area contributed by atoms with Crippen LogP contribution in [-0.4, -0.2) is 31.3 Å². The van der Waals surface area contributed by atoms with E-state index in [-0.39, 0.29) is 5.78 Å². The average molecular weight is 292 g/mol. The Kier molecular flexibility index (Phi) is 4.32. The van der Waals surface area contributed by atoms with Crippen molar-refractivity contribution in [2.24, 2.45) is 0 Å². The molecular weight excluding hydrogens is 272 g/mol. The fraction of sp³-hybridized carbons (Fsp3) is 0.500. The van der Waals surface area contributed by atoms with Gasteiger partial charge in [-0.15, -0.1) is 5.10 Å².